The second-order valence-electron chi connectivity index (χ2n) is 10.6. The van der Waals surface area contributed by atoms with Gasteiger partial charge in [-0.1, -0.05) is 47.6 Å². The fraction of sp³-hybridized carbons (Fsp3) is 0.448. The van der Waals surface area contributed by atoms with Gasteiger partial charge in [0.15, 0.2) is 0 Å². The average Bonchev–Trinajstić information content (AvgIpc) is 3.02. The summed E-state index contributed by atoms with van der Waals surface area (Å²) in [5, 5.41) is 3.63. The van der Waals surface area contributed by atoms with E-state index in [1.54, 1.807) is 0 Å². The minimum absolute atomic E-state index is 0.125. The molecule has 0 fully saturated rings. The van der Waals surface area contributed by atoms with E-state index < -0.39 is 0 Å². The summed E-state index contributed by atoms with van der Waals surface area (Å²) >= 11 is 0. The van der Waals surface area contributed by atoms with Crippen LogP contribution in [0.2, 0.25) is 0 Å². The number of allylic oxidation sites excluding steroid dienone is 10. The lowest BCUT2D eigenvalue weighted by Crippen LogP contribution is -2.35. The molecule has 166 valence electrons. The van der Waals surface area contributed by atoms with E-state index >= 15 is 0 Å². The van der Waals surface area contributed by atoms with Crippen molar-refractivity contribution >= 4 is 11.5 Å². The molecule has 0 bridgehead atoms. The third kappa shape index (κ3) is 4.30. The molecule has 1 aromatic rings. The van der Waals surface area contributed by atoms with Crippen LogP contribution in [-0.4, -0.2) is 16.2 Å². The molecule has 2 aliphatic heterocycles. The van der Waals surface area contributed by atoms with Crippen LogP contribution in [0.3, 0.4) is 0 Å². The molecule has 0 saturated carbocycles. The van der Waals surface area contributed by atoms with Crippen LogP contribution < -0.4 is 5.32 Å². The van der Waals surface area contributed by atoms with Gasteiger partial charge in [0, 0.05) is 22.8 Å². The Hall–Kier alpha value is -2.68. The van der Waals surface area contributed by atoms with E-state index in [-0.39, 0.29) is 5.54 Å². The van der Waals surface area contributed by atoms with E-state index in [0.717, 1.165) is 56.5 Å². The first-order valence-corrected chi connectivity index (χ1v) is 12.2. The number of hydrogen-bond donors (Lipinski definition) is 1. The molecule has 0 aromatic carbocycles. The highest BCUT2D eigenvalue weighted by Crippen LogP contribution is 2.37. The molecule has 2 aliphatic carbocycles. The molecular weight excluding hydrogens is 390 g/mol. The Morgan fingerprint density at radius 3 is 2.88 bits per heavy atom. The Labute approximate surface area is 192 Å². The lowest BCUT2D eigenvalue weighted by molar-refractivity contribution is 0.498. The standard InChI is InChI=1S/C29H35N3/c1-19-7-5-10-25-22(17-19)8-6-9-23-18-20(2)26(31-27(23)25)14-13-24-12-11-21-15-16-29(3,4)32-28(21)30-24/h5-8,10-12,23H,9,13-18H2,1-4H3,(H,30,32). The smallest absolute Gasteiger partial charge is 0.129 e. The molecule has 0 spiro atoms. The summed E-state index contributed by atoms with van der Waals surface area (Å²) in [4.78, 5) is 10.3. The third-order valence-corrected chi connectivity index (χ3v) is 7.29. The van der Waals surface area contributed by atoms with Crippen molar-refractivity contribution in [1.29, 1.82) is 0 Å². The minimum Gasteiger partial charge on any atom is -0.365 e. The van der Waals surface area contributed by atoms with Crippen molar-refractivity contribution in [3.63, 3.8) is 0 Å². The Bertz CT molecular complexity index is 1120. The minimum atomic E-state index is 0.125. The molecule has 1 N–H and O–H groups in total. The number of fused-ring (bicyclic) bond motifs is 3. The summed E-state index contributed by atoms with van der Waals surface area (Å²) in [6, 6.07) is 4.48. The van der Waals surface area contributed by atoms with Crippen molar-refractivity contribution in [2.24, 2.45) is 10.9 Å². The van der Waals surface area contributed by atoms with Gasteiger partial charge in [-0.3, -0.25) is 4.99 Å². The Morgan fingerprint density at radius 2 is 2.00 bits per heavy atom. The summed E-state index contributed by atoms with van der Waals surface area (Å²) < 4.78 is 0. The largest absolute Gasteiger partial charge is 0.365 e. The van der Waals surface area contributed by atoms with Gasteiger partial charge >= 0.3 is 0 Å². The lowest BCUT2D eigenvalue weighted by Gasteiger charge is -2.33. The van der Waals surface area contributed by atoms with Crippen LogP contribution in [-0.2, 0) is 12.8 Å². The maximum atomic E-state index is 5.30. The average molecular weight is 426 g/mol. The van der Waals surface area contributed by atoms with Crippen LogP contribution in [0.4, 0.5) is 5.82 Å². The van der Waals surface area contributed by atoms with Gasteiger partial charge in [-0.05, 0) is 95.4 Å². The maximum absolute atomic E-state index is 5.30. The van der Waals surface area contributed by atoms with Gasteiger partial charge in [0.2, 0.25) is 0 Å². The number of aliphatic imine (C=N–C) groups is 1. The fourth-order valence-electron chi connectivity index (χ4n) is 5.36. The maximum Gasteiger partial charge on any atom is 0.129 e. The topological polar surface area (TPSA) is 37.3 Å². The first-order valence-electron chi connectivity index (χ1n) is 12.2. The first-order chi connectivity index (χ1) is 15.4. The summed E-state index contributed by atoms with van der Waals surface area (Å²) in [6.45, 7) is 9.02. The predicted molar refractivity (Wildman–Crippen MR) is 135 cm³/mol. The summed E-state index contributed by atoms with van der Waals surface area (Å²) in [6.07, 6.45) is 18.8. The number of hydrogen-bond acceptors (Lipinski definition) is 3. The van der Waals surface area contributed by atoms with Crippen molar-refractivity contribution in [1.82, 2.24) is 4.98 Å². The summed E-state index contributed by atoms with van der Waals surface area (Å²) in [7, 11) is 0. The van der Waals surface area contributed by atoms with Gasteiger partial charge in [0.25, 0.3) is 0 Å². The van der Waals surface area contributed by atoms with Crippen LogP contribution in [0.5, 0.6) is 0 Å². The molecule has 0 amide bonds. The Balaban J connectivity index is 1.38. The van der Waals surface area contributed by atoms with Crippen molar-refractivity contribution in [2.75, 3.05) is 5.32 Å². The van der Waals surface area contributed by atoms with E-state index in [4.69, 9.17) is 9.98 Å². The van der Waals surface area contributed by atoms with E-state index in [0.29, 0.717) is 5.92 Å². The zero-order chi connectivity index (χ0) is 22.3. The molecule has 1 aromatic heterocycles. The van der Waals surface area contributed by atoms with Crippen molar-refractivity contribution in [3.8, 4) is 0 Å². The number of rotatable bonds is 3. The molecule has 5 rings (SSSR count). The highest BCUT2D eigenvalue weighted by atomic mass is 15.1. The lowest BCUT2D eigenvalue weighted by atomic mass is 9.84. The van der Waals surface area contributed by atoms with Gasteiger partial charge in [-0.15, -0.1) is 0 Å². The molecule has 4 aliphatic rings. The second kappa shape index (κ2) is 8.35. The van der Waals surface area contributed by atoms with E-state index in [2.05, 4.69) is 75.5 Å². The fourth-order valence-corrected chi connectivity index (χ4v) is 5.36. The molecule has 3 heteroatoms. The molecule has 1 atom stereocenters. The van der Waals surface area contributed by atoms with Crippen LogP contribution in [0.25, 0.3) is 0 Å². The SMILES string of the molecule is CC1=CC=CC2=C(C=CCC3CC(C)=C(CCc4ccc5c(n4)NC(C)(C)CC5)N=C23)C1. The quantitative estimate of drug-likeness (QED) is 0.563. The summed E-state index contributed by atoms with van der Waals surface area (Å²) in [5.74, 6) is 1.58. The third-order valence-electron chi connectivity index (χ3n) is 7.29. The molecule has 0 radical (unpaired) electrons. The van der Waals surface area contributed by atoms with E-state index in [9.17, 15) is 0 Å². The number of aromatic nitrogens is 1. The van der Waals surface area contributed by atoms with Gasteiger partial charge < -0.3 is 5.32 Å². The highest BCUT2D eigenvalue weighted by molar-refractivity contribution is 6.07. The van der Waals surface area contributed by atoms with Crippen molar-refractivity contribution in [2.45, 2.75) is 78.2 Å². The number of pyridine rings is 1. The predicted octanol–water partition coefficient (Wildman–Crippen LogP) is 7.05. The van der Waals surface area contributed by atoms with Gasteiger partial charge in [0.05, 0.1) is 5.71 Å². The Morgan fingerprint density at radius 1 is 1.12 bits per heavy atom. The van der Waals surface area contributed by atoms with Gasteiger partial charge in [-0.2, -0.15) is 0 Å². The van der Waals surface area contributed by atoms with Crippen LogP contribution in [0.15, 0.2) is 75.5 Å². The number of nitrogens with zero attached hydrogens (tertiary/aromatic N) is 2. The van der Waals surface area contributed by atoms with Crippen molar-refractivity contribution < 1.29 is 0 Å². The highest BCUT2D eigenvalue weighted by Gasteiger charge is 2.28. The zero-order valence-corrected chi connectivity index (χ0v) is 20.0. The molecular formula is C29H35N3. The molecule has 3 heterocycles. The molecule has 32 heavy (non-hydrogen) atoms. The van der Waals surface area contributed by atoms with E-state index in [1.807, 2.05) is 0 Å². The van der Waals surface area contributed by atoms with Crippen LogP contribution in [0, 0.1) is 5.92 Å². The summed E-state index contributed by atoms with van der Waals surface area (Å²) in [5.41, 5.74) is 10.8. The molecule has 1 unspecified atom stereocenters. The van der Waals surface area contributed by atoms with E-state index in [1.165, 1.54) is 39.3 Å². The molecule has 0 saturated heterocycles. The first kappa shape index (κ1) is 21.2. The normalized spacial score (nSPS) is 23.9. The van der Waals surface area contributed by atoms with Gasteiger partial charge in [-0.25, -0.2) is 4.98 Å². The van der Waals surface area contributed by atoms with Crippen LogP contribution >= 0.6 is 0 Å². The second-order valence-corrected chi connectivity index (χ2v) is 10.6. The molecule has 3 nitrogen and oxygen atoms in total. The monoisotopic (exact) mass is 425 g/mol. The Kier molecular flexibility index (Phi) is 5.53. The van der Waals surface area contributed by atoms with Crippen LogP contribution in [0.1, 0.15) is 71.1 Å². The zero-order valence-electron chi connectivity index (χ0n) is 20.0. The number of nitrogens with one attached hydrogen (secondary N) is 1. The van der Waals surface area contributed by atoms with Gasteiger partial charge in [0.1, 0.15) is 5.82 Å². The number of anilines is 1. The number of aryl methyl sites for hydroxylation is 2. The van der Waals surface area contributed by atoms with Crippen molar-refractivity contribution in [3.05, 3.63) is 81.8 Å².